The number of hydrogen-bond acceptors (Lipinski definition) is 2. The molecule has 90 valence electrons. The molecule has 0 aliphatic heterocycles. The summed E-state index contributed by atoms with van der Waals surface area (Å²) in [6.45, 7) is 4.01. The Balaban J connectivity index is 2.81. The summed E-state index contributed by atoms with van der Waals surface area (Å²) < 4.78 is 5.34. The Hall–Kier alpha value is -0.280. The Morgan fingerprint density at radius 3 is 2.44 bits per heavy atom. The van der Waals surface area contributed by atoms with Gasteiger partial charge in [0.25, 0.3) is 0 Å². The highest BCUT2D eigenvalue weighted by atomic mass is 35.5. The zero-order valence-corrected chi connectivity index (χ0v) is 11.3. The van der Waals surface area contributed by atoms with E-state index in [1.165, 1.54) is 0 Å². The van der Waals surface area contributed by atoms with Crippen molar-refractivity contribution < 1.29 is 4.74 Å². The molecule has 0 aliphatic carbocycles. The third kappa shape index (κ3) is 3.63. The summed E-state index contributed by atoms with van der Waals surface area (Å²) >= 11 is 11.8. The summed E-state index contributed by atoms with van der Waals surface area (Å²) in [5.41, 5.74) is 6.82. The Morgan fingerprint density at radius 2 is 1.94 bits per heavy atom. The molecule has 0 amide bonds. The molecule has 0 saturated heterocycles. The van der Waals surface area contributed by atoms with Crippen LogP contribution in [0.2, 0.25) is 10.0 Å². The number of hydrogen-bond donors (Lipinski definition) is 1. The van der Waals surface area contributed by atoms with Crippen molar-refractivity contribution in [2.75, 3.05) is 7.11 Å². The largest absolute Gasteiger partial charge is 0.379 e. The van der Waals surface area contributed by atoms with E-state index >= 15 is 0 Å². The molecule has 1 aromatic rings. The Kier molecular flexibility index (Phi) is 4.62. The normalized spacial score (nSPS) is 13.9. The van der Waals surface area contributed by atoms with Crippen LogP contribution < -0.4 is 5.73 Å². The van der Waals surface area contributed by atoms with Crippen molar-refractivity contribution in [3.8, 4) is 0 Å². The lowest BCUT2D eigenvalue weighted by Gasteiger charge is -2.26. The van der Waals surface area contributed by atoms with Crippen LogP contribution in [0.25, 0.3) is 0 Å². The average Bonchev–Trinajstić information content (AvgIpc) is 2.21. The van der Waals surface area contributed by atoms with Crippen LogP contribution in [0, 0.1) is 0 Å². The molecule has 0 heterocycles. The predicted molar refractivity (Wildman–Crippen MR) is 69.1 cm³/mol. The van der Waals surface area contributed by atoms with Crippen molar-refractivity contribution in [3.05, 3.63) is 33.8 Å². The maximum absolute atomic E-state index is 6.09. The van der Waals surface area contributed by atoms with Gasteiger partial charge in [0.05, 0.1) is 15.6 Å². The lowest BCUT2D eigenvalue weighted by Crippen LogP contribution is -2.28. The lowest BCUT2D eigenvalue weighted by atomic mass is 9.94. The molecular formula is C12H17Cl2NO. The van der Waals surface area contributed by atoms with E-state index in [9.17, 15) is 0 Å². The van der Waals surface area contributed by atoms with Gasteiger partial charge < -0.3 is 10.5 Å². The molecule has 1 atom stereocenters. The van der Waals surface area contributed by atoms with E-state index in [0.717, 1.165) is 12.0 Å². The fourth-order valence-electron chi connectivity index (χ4n) is 1.47. The highest BCUT2D eigenvalue weighted by Crippen LogP contribution is 2.29. The van der Waals surface area contributed by atoms with Crippen LogP contribution in [0.15, 0.2) is 18.2 Å². The van der Waals surface area contributed by atoms with E-state index in [-0.39, 0.29) is 11.6 Å². The minimum absolute atomic E-state index is 0.107. The molecule has 0 saturated carbocycles. The van der Waals surface area contributed by atoms with E-state index in [0.29, 0.717) is 10.0 Å². The molecule has 0 bridgehead atoms. The average molecular weight is 262 g/mol. The van der Waals surface area contributed by atoms with Gasteiger partial charge in [-0.1, -0.05) is 29.3 Å². The summed E-state index contributed by atoms with van der Waals surface area (Å²) in [7, 11) is 1.68. The van der Waals surface area contributed by atoms with Crippen molar-refractivity contribution in [3.63, 3.8) is 0 Å². The second kappa shape index (κ2) is 5.37. The van der Waals surface area contributed by atoms with Crippen molar-refractivity contribution in [1.82, 2.24) is 0 Å². The molecule has 0 aromatic heterocycles. The van der Waals surface area contributed by atoms with Gasteiger partial charge >= 0.3 is 0 Å². The van der Waals surface area contributed by atoms with Crippen LogP contribution in [-0.4, -0.2) is 12.7 Å². The van der Waals surface area contributed by atoms with Gasteiger partial charge in [0.2, 0.25) is 0 Å². The summed E-state index contributed by atoms with van der Waals surface area (Å²) in [5, 5.41) is 1.08. The first-order chi connectivity index (χ1) is 7.35. The minimum atomic E-state index is -0.245. The van der Waals surface area contributed by atoms with E-state index in [4.69, 9.17) is 33.7 Å². The molecule has 1 aromatic carbocycles. The zero-order valence-electron chi connectivity index (χ0n) is 9.76. The van der Waals surface area contributed by atoms with Crippen molar-refractivity contribution >= 4 is 23.2 Å². The molecule has 2 N–H and O–H groups in total. The number of benzene rings is 1. The minimum Gasteiger partial charge on any atom is -0.379 e. The fraction of sp³-hybridized carbons (Fsp3) is 0.500. The van der Waals surface area contributed by atoms with Gasteiger partial charge in [-0.3, -0.25) is 0 Å². The molecule has 0 radical (unpaired) electrons. The first kappa shape index (κ1) is 13.8. The topological polar surface area (TPSA) is 35.2 Å². The van der Waals surface area contributed by atoms with Crippen molar-refractivity contribution in [1.29, 1.82) is 0 Å². The van der Waals surface area contributed by atoms with E-state index < -0.39 is 0 Å². The SMILES string of the molecule is COC(C)(C)CC(N)c1ccc(Cl)c(Cl)c1. The van der Waals surface area contributed by atoms with Gasteiger partial charge in [-0.05, 0) is 38.0 Å². The third-order valence-corrected chi connectivity index (χ3v) is 3.37. The number of methoxy groups -OCH3 is 1. The monoisotopic (exact) mass is 261 g/mol. The van der Waals surface area contributed by atoms with E-state index in [1.54, 1.807) is 19.2 Å². The first-order valence-corrected chi connectivity index (χ1v) is 5.87. The first-order valence-electron chi connectivity index (χ1n) is 5.11. The maximum Gasteiger partial charge on any atom is 0.0640 e. The molecular weight excluding hydrogens is 245 g/mol. The van der Waals surface area contributed by atoms with Crippen LogP contribution in [0.3, 0.4) is 0 Å². The molecule has 0 aliphatic rings. The second-order valence-corrected chi connectivity index (χ2v) is 5.26. The number of ether oxygens (including phenoxy) is 1. The second-order valence-electron chi connectivity index (χ2n) is 4.45. The quantitative estimate of drug-likeness (QED) is 0.895. The van der Waals surface area contributed by atoms with Crippen LogP contribution >= 0.6 is 23.2 Å². The molecule has 0 spiro atoms. The molecule has 1 rings (SSSR count). The molecule has 1 unspecified atom stereocenters. The van der Waals surface area contributed by atoms with Crippen molar-refractivity contribution in [2.24, 2.45) is 5.73 Å². The lowest BCUT2D eigenvalue weighted by molar-refractivity contribution is 0.00995. The van der Waals surface area contributed by atoms with Gasteiger partial charge in [0.15, 0.2) is 0 Å². The predicted octanol–water partition coefficient (Wildman–Crippen LogP) is 3.81. The zero-order chi connectivity index (χ0) is 12.3. The maximum atomic E-state index is 6.09. The molecule has 4 heteroatoms. The Morgan fingerprint density at radius 1 is 1.31 bits per heavy atom. The van der Waals surface area contributed by atoms with E-state index in [2.05, 4.69) is 0 Å². The summed E-state index contributed by atoms with van der Waals surface area (Å²) in [6, 6.07) is 5.36. The standard InChI is InChI=1S/C12H17Cl2NO/c1-12(2,16-3)7-11(15)8-4-5-9(13)10(14)6-8/h4-6,11H,7,15H2,1-3H3. The van der Waals surface area contributed by atoms with Crippen molar-refractivity contribution in [2.45, 2.75) is 31.9 Å². The third-order valence-electron chi connectivity index (χ3n) is 2.64. The van der Waals surface area contributed by atoms with Gasteiger partial charge in [-0.15, -0.1) is 0 Å². The number of halogens is 2. The van der Waals surface area contributed by atoms with Crippen LogP contribution in [0.1, 0.15) is 31.9 Å². The summed E-state index contributed by atoms with van der Waals surface area (Å²) in [4.78, 5) is 0. The highest BCUT2D eigenvalue weighted by Gasteiger charge is 2.21. The van der Waals surface area contributed by atoms with Gasteiger partial charge in [0.1, 0.15) is 0 Å². The highest BCUT2D eigenvalue weighted by molar-refractivity contribution is 6.42. The number of nitrogens with two attached hydrogens (primary N) is 1. The fourth-order valence-corrected chi connectivity index (χ4v) is 1.78. The summed E-state index contributed by atoms with van der Waals surface area (Å²) in [5.74, 6) is 0. The molecule has 16 heavy (non-hydrogen) atoms. The van der Waals surface area contributed by atoms with Gasteiger partial charge in [-0.25, -0.2) is 0 Å². The molecule has 0 fully saturated rings. The van der Waals surface area contributed by atoms with E-state index in [1.807, 2.05) is 19.9 Å². The van der Waals surface area contributed by atoms with Crippen LogP contribution in [-0.2, 0) is 4.74 Å². The summed E-state index contributed by atoms with van der Waals surface area (Å²) in [6.07, 6.45) is 0.724. The Bertz CT molecular complexity index is 366. The van der Waals surface area contributed by atoms with Gasteiger partial charge in [-0.2, -0.15) is 0 Å². The van der Waals surface area contributed by atoms with Crippen LogP contribution in [0.5, 0.6) is 0 Å². The van der Waals surface area contributed by atoms with Gasteiger partial charge in [0, 0.05) is 13.2 Å². The smallest absolute Gasteiger partial charge is 0.0640 e. The Labute approximate surface area is 107 Å². The molecule has 2 nitrogen and oxygen atoms in total. The van der Waals surface area contributed by atoms with Crippen LogP contribution in [0.4, 0.5) is 0 Å². The number of rotatable bonds is 4.